The zero-order chi connectivity index (χ0) is 13.8. The lowest BCUT2D eigenvalue weighted by Gasteiger charge is -2.22. The average Bonchev–Trinajstić information content (AvgIpc) is 2.74. The minimum Gasteiger partial charge on any atom is -0.480 e. The molecular weight excluding hydrogens is 262 g/mol. The summed E-state index contributed by atoms with van der Waals surface area (Å²) >= 11 is 1.43. The van der Waals surface area contributed by atoms with Crippen molar-refractivity contribution in [2.24, 2.45) is 11.7 Å². The number of carboxylic acids is 1. The molecule has 2 rings (SSSR count). The van der Waals surface area contributed by atoms with Crippen LogP contribution in [-0.4, -0.2) is 22.1 Å². The zero-order valence-corrected chi connectivity index (χ0v) is 11.9. The minimum absolute atomic E-state index is 0.432. The molecule has 1 aromatic heterocycles. The van der Waals surface area contributed by atoms with Crippen LogP contribution in [0.5, 0.6) is 0 Å². The fourth-order valence-corrected chi connectivity index (χ4v) is 3.30. The van der Waals surface area contributed by atoms with Gasteiger partial charge in [-0.2, -0.15) is 0 Å². The molecule has 0 radical (unpaired) electrons. The van der Waals surface area contributed by atoms with Gasteiger partial charge in [0.25, 0.3) is 0 Å². The number of nitrogens with two attached hydrogens (primary N) is 1. The van der Waals surface area contributed by atoms with Gasteiger partial charge in [0.15, 0.2) is 5.13 Å². The van der Waals surface area contributed by atoms with Crippen LogP contribution in [0.3, 0.4) is 0 Å². The topological polar surface area (TPSA) is 88.2 Å². The van der Waals surface area contributed by atoms with Gasteiger partial charge < -0.3 is 16.2 Å². The number of anilines is 1. The summed E-state index contributed by atoms with van der Waals surface area (Å²) in [6, 6.07) is -0.596. The first-order valence-corrected chi connectivity index (χ1v) is 7.66. The molecule has 0 amide bonds. The summed E-state index contributed by atoms with van der Waals surface area (Å²) in [5.74, 6) is -0.414. The largest absolute Gasteiger partial charge is 0.480 e. The van der Waals surface area contributed by atoms with Crippen molar-refractivity contribution in [1.82, 2.24) is 4.98 Å². The first kappa shape index (κ1) is 14.3. The number of carboxylic acid groups (broad SMARTS) is 1. The predicted octanol–water partition coefficient (Wildman–Crippen LogP) is 2.61. The Morgan fingerprint density at radius 1 is 1.53 bits per heavy atom. The molecule has 0 bridgehead atoms. The maximum Gasteiger partial charge on any atom is 0.326 e. The average molecular weight is 283 g/mol. The van der Waals surface area contributed by atoms with Gasteiger partial charge in [0.05, 0.1) is 5.69 Å². The molecule has 0 aliphatic heterocycles. The predicted molar refractivity (Wildman–Crippen MR) is 76.3 cm³/mol. The van der Waals surface area contributed by atoms with Crippen molar-refractivity contribution in [1.29, 1.82) is 0 Å². The van der Waals surface area contributed by atoms with E-state index in [1.807, 2.05) is 0 Å². The summed E-state index contributed by atoms with van der Waals surface area (Å²) in [7, 11) is 0. The number of nitrogens with zero attached hydrogens (tertiary/aromatic N) is 1. The van der Waals surface area contributed by atoms with Gasteiger partial charge in [0, 0.05) is 11.4 Å². The second-order valence-electron chi connectivity index (χ2n) is 5.26. The maximum absolute atomic E-state index is 10.8. The number of hydrogen-bond donors (Lipinski definition) is 3. The molecule has 1 heterocycles. The normalized spacial score (nSPS) is 25.6. The summed E-state index contributed by atoms with van der Waals surface area (Å²) in [6.45, 7) is 2.26. The van der Waals surface area contributed by atoms with Crippen LogP contribution in [0.2, 0.25) is 0 Å². The van der Waals surface area contributed by atoms with Crippen molar-refractivity contribution >= 4 is 22.4 Å². The van der Waals surface area contributed by atoms with E-state index in [9.17, 15) is 4.79 Å². The van der Waals surface area contributed by atoms with Crippen LogP contribution in [-0.2, 0) is 4.79 Å². The van der Waals surface area contributed by atoms with Crippen molar-refractivity contribution in [3.63, 3.8) is 0 Å². The van der Waals surface area contributed by atoms with Crippen LogP contribution in [0.15, 0.2) is 5.38 Å². The molecule has 1 aliphatic rings. The van der Waals surface area contributed by atoms with Crippen molar-refractivity contribution in [2.45, 2.75) is 51.1 Å². The first-order chi connectivity index (χ1) is 9.08. The van der Waals surface area contributed by atoms with Gasteiger partial charge in [-0.3, -0.25) is 4.79 Å². The van der Waals surface area contributed by atoms with Crippen molar-refractivity contribution in [3.8, 4) is 0 Å². The summed E-state index contributed by atoms with van der Waals surface area (Å²) in [4.78, 5) is 15.1. The third-order valence-corrected chi connectivity index (χ3v) is 4.57. The molecule has 106 valence electrons. The van der Waals surface area contributed by atoms with Crippen LogP contribution in [0.25, 0.3) is 0 Å². The second kappa shape index (κ2) is 6.34. The van der Waals surface area contributed by atoms with Gasteiger partial charge in [0.1, 0.15) is 6.04 Å². The van der Waals surface area contributed by atoms with E-state index in [2.05, 4.69) is 17.2 Å². The fraction of sp³-hybridized carbons (Fsp3) is 0.692. The molecule has 1 aliphatic carbocycles. The van der Waals surface area contributed by atoms with Gasteiger partial charge in [-0.25, -0.2) is 4.98 Å². The highest BCUT2D eigenvalue weighted by Crippen LogP contribution is 2.28. The van der Waals surface area contributed by atoms with E-state index in [-0.39, 0.29) is 0 Å². The van der Waals surface area contributed by atoms with E-state index in [4.69, 9.17) is 10.8 Å². The molecule has 3 atom stereocenters. The van der Waals surface area contributed by atoms with E-state index < -0.39 is 12.0 Å². The van der Waals surface area contributed by atoms with Crippen molar-refractivity contribution in [2.75, 3.05) is 5.32 Å². The molecule has 1 aromatic rings. The number of carbonyl (C=O) groups is 1. The Morgan fingerprint density at radius 2 is 2.26 bits per heavy atom. The maximum atomic E-state index is 10.8. The lowest BCUT2D eigenvalue weighted by Crippen LogP contribution is -2.26. The Morgan fingerprint density at radius 3 is 3.00 bits per heavy atom. The molecular formula is C13H21N3O2S. The van der Waals surface area contributed by atoms with E-state index >= 15 is 0 Å². The summed E-state index contributed by atoms with van der Waals surface area (Å²) < 4.78 is 0. The van der Waals surface area contributed by atoms with Crippen LogP contribution in [0, 0.1) is 5.92 Å². The third-order valence-electron chi connectivity index (χ3n) is 3.78. The number of thiazole rings is 1. The van der Waals surface area contributed by atoms with E-state index in [1.54, 1.807) is 5.38 Å². The van der Waals surface area contributed by atoms with Gasteiger partial charge in [-0.15, -0.1) is 11.3 Å². The zero-order valence-electron chi connectivity index (χ0n) is 11.1. The Balaban J connectivity index is 2.00. The van der Waals surface area contributed by atoms with E-state index in [0.29, 0.717) is 17.7 Å². The SMILES string of the molecule is CC1CCCCCC1Nc1nc(C(N)C(=O)O)cs1. The highest BCUT2D eigenvalue weighted by atomic mass is 32.1. The van der Waals surface area contributed by atoms with Crippen molar-refractivity contribution < 1.29 is 9.90 Å². The summed E-state index contributed by atoms with van der Waals surface area (Å²) in [5.41, 5.74) is 5.99. The monoisotopic (exact) mass is 283 g/mol. The number of aromatic nitrogens is 1. The molecule has 0 saturated heterocycles. The highest BCUT2D eigenvalue weighted by molar-refractivity contribution is 7.13. The molecule has 5 nitrogen and oxygen atoms in total. The molecule has 1 fully saturated rings. The standard InChI is InChI=1S/C13H21N3O2S/c1-8-5-3-2-4-6-9(8)15-13-16-10(7-19-13)11(14)12(17)18/h7-9,11H,2-6,14H2,1H3,(H,15,16)(H,17,18). The summed E-state index contributed by atoms with van der Waals surface area (Å²) in [6.07, 6.45) is 6.24. The number of hydrogen-bond acceptors (Lipinski definition) is 5. The molecule has 4 N–H and O–H groups in total. The third kappa shape index (κ3) is 3.67. The molecule has 3 unspecified atom stereocenters. The number of rotatable bonds is 4. The van der Waals surface area contributed by atoms with Crippen LogP contribution in [0.4, 0.5) is 5.13 Å². The highest BCUT2D eigenvalue weighted by Gasteiger charge is 2.22. The van der Waals surface area contributed by atoms with Gasteiger partial charge in [-0.1, -0.05) is 26.2 Å². The van der Waals surface area contributed by atoms with Crippen molar-refractivity contribution in [3.05, 3.63) is 11.1 Å². The van der Waals surface area contributed by atoms with Crippen LogP contribution in [0.1, 0.15) is 50.8 Å². The Bertz CT molecular complexity index is 435. The fourth-order valence-electron chi connectivity index (χ4n) is 2.49. The number of nitrogens with one attached hydrogen (secondary N) is 1. The number of aliphatic carboxylic acids is 1. The Hall–Kier alpha value is -1.14. The van der Waals surface area contributed by atoms with Crippen LogP contribution < -0.4 is 11.1 Å². The molecule has 19 heavy (non-hydrogen) atoms. The minimum atomic E-state index is -1.04. The molecule has 0 spiro atoms. The lowest BCUT2D eigenvalue weighted by molar-refractivity contribution is -0.138. The van der Waals surface area contributed by atoms with Gasteiger partial charge in [0.2, 0.25) is 0 Å². The Labute approximate surface area is 117 Å². The molecule has 0 aromatic carbocycles. The smallest absolute Gasteiger partial charge is 0.326 e. The quantitative estimate of drug-likeness (QED) is 0.739. The van der Waals surface area contributed by atoms with Crippen LogP contribution >= 0.6 is 11.3 Å². The van der Waals surface area contributed by atoms with Gasteiger partial charge >= 0.3 is 5.97 Å². The van der Waals surface area contributed by atoms with E-state index in [0.717, 1.165) is 11.6 Å². The first-order valence-electron chi connectivity index (χ1n) is 6.78. The molecule has 1 saturated carbocycles. The lowest BCUT2D eigenvalue weighted by atomic mass is 9.97. The second-order valence-corrected chi connectivity index (χ2v) is 6.12. The van der Waals surface area contributed by atoms with E-state index in [1.165, 1.54) is 37.0 Å². The Kier molecular flexibility index (Phi) is 4.76. The summed E-state index contributed by atoms with van der Waals surface area (Å²) in [5, 5.41) is 14.8. The molecule has 6 heteroatoms. The van der Waals surface area contributed by atoms with Gasteiger partial charge in [-0.05, 0) is 18.8 Å².